The highest BCUT2D eigenvalue weighted by atomic mass is 16.7. The molecule has 5 atom stereocenters. The fraction of sp³-hybridized carbons (Fsp3) is 0.500. The van der Waals surface area contributed by atoms with Crippen LogP contribution in [0.25, 0.3) is 0 Å². The van der Waals surface area contributed by atoms with Crippen LogP contribution in [-0.4, -0.2) is 73.9 Å². The summed E-state index contributed by atoms with van der Waals surface area (Å²) in [6, 6.07) is 20.2. The minimum atomic E-state index is -0.989. The van der Waals surface area contributed by atoms with Crippen molar-refractivity contribution >= 4 is 25.2 Å². The van der Waals surface area contributed by atoms with Crippen LogP contribution in [0.5, 0.6) is 5.75 Å². The van der Waals surface area contributed by atoms with Gasteiger partial charge in [-0.25, -0.2) is 9.59 Å². The minimum absolute atomic E-state index is 0.0337. The number of pyridine rings is 3. The third kappa shape index (κ3) is 11.4. The molecule has 1 aliphatic heterocycles. The molecule has 4 aromatic rings. The number of fused-ring (bicyclic) bond motifs is 1. The molecule has 2 aliphatic rings. The van der Waals surface area contributed by atoms with Crippen LogP contribution >= 0.6 is 0 Å². The summed E-state index contributed by atoms with van der Waals surface area (Å²) in [5.41, 5.74) is 1.00. The SMILES string of the molecule is CC1CC2OB(C(Cc3cccc(C(=O)OC(C)(C)C)c3OC(=O)OC(C)(C)C)NC(=O)c3ccc(CN(Cc4ccccn4)Cc4ccccn4)nc3)OC2(C)C(C)C1(C)C. The average Bonchev–Trinajstić information content (AvgIpc) is 3.53. The van der Waals surface area contributed by atoms with Crippen molar-refractivity contribution in [2.24, 2.45) is 17.3 Å². The summed E-state index contributed by atoms with van der Waals surface area (Å²) >= 11 is 0. The standard InChI is InChI=1S/C48H62BN5O8/c1-31-25-39-48(11,32(2)47(31,9)10)62-49(61-39)40(26-33-17-16-20-38(43(56)59-45(3,4)5)41(33)58-44(57)60-46(6,7)8)53-42(55)34-21-22-37(52-27-34)30-54(28-35-18-12-14-23-50-35)29-36-19-13-15-24-51-36/h12-24,27,31-32,39-40H,25-26,28-30H2,1-11H3,(H,53,55). The van der Waals surface area contributed by atoms with Crippen LogP contribution in [0.3, 0.4) is 0 Å². The van der Waals surface area contributed by atoms with Gasteiger partial charge in [-0.3, -0.25) is 24.6 Å². The normalized spacial score (nSPS) is 21.5. The molecule has 3 aromatic heterocycles. The Morgan fingerprint density at radius 3 is 1.98 bits per heavy atom. The van der Waals surface area contributed by atoms with E-state index in [1.54, 1.807) is 78.3 Å². The Hall–Kier alpha value is -5.18. The van der Waals surface area contributed by atoms with Crippen molar-refractivity contribution in [2.75, 3.05) is 0 Å². The van der Waals surface area contributed by atoms with Gasteiger partial charge in [0, 0.05) is 38.2 Å². The maximum atomic E-state index is 14.3. The second kappa shape index (κ2) is 18.7. The first-order valence-corrected chi connectivity index (χ1v) is 21.5. The summed E-state index contributed by atoms with van der Waals surface area (Å²) in [6.45, 7) is 23.1. The van der Waals surface area contributed by atoms with Gasteiger partial charge < -0.3 is 28.8 Å². The van der Waals surface area contributed by atoms with E-state index >= 15 is 0 Å². The summed E-state index contributed by atoms with van der Waals surface area (Å²) in [6.07, 6.45) is 4.71. The number of ether oxygens (including phenoxy) is 3. The van der Waals surface area contributed by atoms with Crippen molar-refractivity contribution in [1.29, 1.82) is 0 Å². The quantitative estimate of drug-likeness (QED) is 0.0780. The number of benzene rings is 1. The van der Waals surface area contributed by atoms with Crippen molar-refractivity contribution in [3.8, 4) is 5.75 Å². The summed E-state index contributed by atoms with van der Waals surface area (Å²) in [7, 11) is -0.893. The van der Waals surface area contributed by atoms with E-state index in [2.05, 4.69) is 54.8 Å². The fourth-order valence-electron chi connectivity index (χ4n) is 8.20. The smallest absolute Gasteiger partial charge is 0.456 e. The van der Waals surface area contributed by atoms with Crippen molar-refractivity contribution in [3.63, 3.8) is 0 Å². The molecule has 14 heteroatoms. The molecule has 0 spiro atoms. The van der Waals surface area contributed by atoms with Crippen molar-refractivity contribution in [3.05, 3.63) is 119 Å². The van der Waals surface area contributed by atoms with Gasteiger partial charge in [0.2, 0.25) is 0 Å². The van der Waals surface area contributed by atoms with Crippen molar-refractivity contribution in [1.82, 2.24) is 25.2 Å². The van der Waals surface area contributed by atoms with Crippen LogP contribution in [0.2, 0.25) is 0 Å². The number of para-hydroxylation sites is 1. The number of nitrogens with zero attached hydrogens (tertiary/aromatic N) is 4. The Morgan fingerprint density at radius 1 is 0.823 bits per heavy atom. The zero-order valence-corrected chi connectivity index (χ0v) is 38.1. The molecule has 1 saturated carbocycles. The van der Waals surface area contributed by atoms with Gasteiger partial charge >= 0.3 is 19.2 Å². The molecule has 1 aliphatic carbocycles. The highest BCUT2D eigenvalue weighted by Gasteiger charge is 2.61. The van der Waals surface area contributed by atoms with E-state index in [0.29, 0.717) is 36.7 Å². The first-order chi connectivity index (χ1) is 29.1. The summed E-state index contributed by atoms with van der Waals surface area (Å²) in [4.78, 5) is 57.1. The maximum Gasteiger partial charge on any atom is 0.514 e. The Labute approximate surface area is 366 Å². The second-order valence-electron chi connectivity index (χ2n) is 19.4. The molecule has 62 heavy (non-hydrogen) atoms. The molecule has 5 unspecified atom stereocenters. The molecule has 13 nitrogen and oxygen atoms in total. The zero-order valence-electron chi connectivity index (χ0n) is 38.1. The van der Waals surface area contributed by atoms with Gasteiger partial charge in [-0.1, -0.05) is 52.0 Å². The lowest BCUT2D eigenvalue weighted by molar-refractivity contribution is -0.110. The molecule has 6 rings (SSSR count). The predicted molar refractivity (Wildman–Crippen MR) is 236 cm³/mol. The van der Waals surface area contributed by atoms with Crippen LogP contribution in [-0.2, 0) is 44.8 Å². The van der Waals surface area contributed by atoms with E-state index in [-0.39, 0.29) is 35.2 Å². The number of hydrogen-bond acceptors (Lipinski definition) is 12. The summed E-state index contributed by atoms with van der Waals surface area (Å²) in [5.74, 6) is -1.47. The number of nitrogens with one attached hydrogen (secondary N) is 1. The summed E-state index contributed by atoms with van der Waals surface area (Å²) < 4.78 is 30.8. The number of carbonyl (C=O) groups excluding carboxylic acids is 3. The van der Waals surface area contributed by atoms with Gasteiger partial charge in [0.05, 0.1) is 40.3 Å². The predicted octanol–water partition coefficient (Wildman–Crippen LogP) is 8.59. The summed E-state index contributed by atoms with van der Waals surface area (Å²) in [5, 5.41) is 3.18. The molecule has 1 aromatic carbocycles. The topological polar surface area (TPSA) is 151 Å². The van der Waals surface area contributed by atoms with Gasteiger partial charge in [-0.05, 0) is 127 Å². The van der Waals surface area contributed by atoms with Crippen LogP contribution < -0.4 is 10.1 Å². The molecule has 1 amide bonds. The monoisotopic (exact) mass is 847 g/mol. The molecular weight excluding hydrogens is 785 g/mol. The van der Waals surface area contributed by atoms with Crippen LogP contribution in [0.1, 0.15) is 126 Å². The fourth-order valence-corrected chi connectivity index (χ4v) is 8.20. The average molecular weight is 848 g/mol. The molecule has 0 bridgehead atoms. The Balaban J connectivity index is 1.30. The Morgan fingerprint density at radius 2 is 1.44 bits per heavy atom. The number of hydrogen-bond donors (Lipinski definition) is 1. The molecular formula is C48H62BN5O8. The molecule has 1 saturated heterocycles. The van der Waals surface area contributed by atoms with E-state index in [9.17, 15) is 14.4 Å². The Bertz CT molecular complexity index is 2140. The number of esters is 1. The number of aromatic nitrogens is 3. The lowest BCUT2D eigenvalue weighted by Crippen LogP contribution is -2.56. The number of carbonyl (C=O) groups is 3. The molecule has 0 radical (unpaired) electrons. The van der Waals surface area contributed by atoms with E-state index in [1.165, 1.54) is 6.07 Å². The molecule has 330 valence electrons. The van der Waals surface area contributed by atoms with Gasteiger partial charge in [0.25, 0.3) is 5.91 Å². The van der Waals surface area contributed by atoms with E-state index in [4.69, 9.17) is 28.5 Å². The zero-order chi connectivity index (χ0) is 45.0. The molecule has 2 fully saturated rings. The number of amides is 1. The Kier molecular flexibility index (Phi) is 13.9. The van der Waals surface area contributed by atoms with Crippen molar-refractivity contribution < 1.29 is 37.9 Å². The van der Waals surface area contributed by atoms with Gasteiger partial charge in [-0.15, -0.1) is 0 Å². The highest BCUT2D eigenvalue weighted by molar-refractivity contribution is 6.48. The minimum Gasteiger partial charge on any atom is -0.456 e. The van der Waals surface area contributed by atoms with Crippen LogP contribution in [0, 0.1) is 17.3 Å². The highest BCUT2D eigenvalue weighted by Crippen LogP contribution is 2.54. The third-order valence-corrected chi connectivity index (χ3v) is 12.2. The second-order valence-corrected chi connectivity index (χ2v) is 19.4. The molecule has 1 N–H and O–H groups in total. The lowest BCUT2D eigenvalue weighted by atomic mass is 9.57. The van der Waals surface area contributed by atoms with Gasteiger partial charge in [0.1, 0.15) is 16.8 Å². The van der Waals surface area contributed by atoms with E-state index in [1.807, 2.05) is 42.5 Å². The first kappa shape index (κ1) is 46.3. The lowest BCUT2D eigenvalue weighted by Gasteiger charge is -2.53. The maximum absolute atomic E-state index is 14.3. The number of rotatable bonds is 13. The first-order valence-electron chi connectivity index (χ1n) is 21.5. The van der Waals surface area contributed by atoms with Gasteiger partial charge in [0.15, 0.2) is 5.75 Å². The van der Waals surface area contributed by atoms with Gasteiger partial charge in [-0.2, -0.15) is 0 Å². The molecule has 4 heterocycles. The largest absolute Gasteiger partial charge is 0.514 e. The van der Waals surface area contributed by atoms with E-state index < -0.39 is 47.9 Å². The van der Waals surface area contributed by atoms with Crippen molar-refractivity contribution in [2.45, 2.75) is 137 Å². The van der Waals surface area contributed by atoms with E-state index in [0.717, 1.165) is 23.5 Å². The third-order valence-electron chi connectivity index (χ3n) is 12.2. The van der Waals surface area contributed by atoms with Crippen LogP contribution in [0.4, 0.5) is 4.79 Å². The van der Waals surface area contributed by atoms with Crippen LogP contribution in [0.15, 0.2) is 85.3 Å².